The van der Waals surface area contributed by atoms with Gasteiger partial charge < -0.3 is 14.8 Å². The predicted molar refractivity (Wildman–Crippen MR) is 79.6 cm³/mol. The molecule has 114 valence electrons. The molecule has 4 nitrogen and oxygen atoms in total. The minimum atomic E-state index is 0.260. The third-order valence-corrected chi connectivity index (χ3v) is 4.43. The molecule has 0 aliphatic carbocycles. The molecule has 0 radical (unpaired) electrons. The maximum Gasteiger partial charge on any atom is 0.0700 e. The molecular formula is C15H32N2O2. The van der Waals surface area contributed by atoms with Crippen LogP contribution in [-0.2, 0) is 9.47 Å². The van der Waals surface area contributed by atoms with Gasteiger partial charge in [-0.05, 0) is 19.3 Å². The SMILES string of the molecule is CCC1(C)CNC(C(C)C)CN1CCOCCOC. The van der Waals surface area contributed by atoms with E-state index in [2.05, 4.69) is 37.9 Å². The molecule has 1 rings (SSSR count). The summed E-state index contributed by atoms with van der Waals surface area (Å²) in [7, 11) is 1.71. The highest BCUT2D eigenvalue weighted by atomic mass is 16.5. The lowest BCUT2D eigenvalue weighted by Crippen LogP contribution is -2.64. The van der Waals surface area contributed by atoms with Crippen molar-refractivity contribution < 1.29 is 9.47 Å². The molecule has 2 atom stereocenters. The molecule has 1 aliphatic rings. The van der Waals surface area contributed by atoms with E-state index in [4.69, 9.17) is 9.47 Å². The first kappa shape index (κ1) is 16.9. The molecule has 1 fully saturated rings. The maximum absolute atomic E-state index is 5.62. The average molecular weight is 272 g/mol. The van der Waals surface area contributed by atoms with Gasteiger partial charge in [0.05, 0.1) is 19.8 Å². The summed E-state index contributed by atoms with van der Waals surface area (Å²) in [4.78, 5) is 2.60. The Hall–Kier alpha value is -0.160. The first-order valence-electron chi connectivity index (χ1n) is 7.58. The molecule has 0 saturated carbocycles. The van der Waals surface area contributed by atoms with E-state index >= 15 is 0 Å². The van der Waals surface area contributed by atoms with Crippen LogP contribution in [0.3, 0.4) is 0 Å². The van der Waals surface area contributed by atoms with Gasteiger partial charge >= 0.3 is 0 Å². The monoisotopic (exact) mass is 272 g/mol. The number of hydrogen-bond acceptors (Lipinski definition) is 4. The average Bonchev–Trinajstić information content (AvgIpc) is 2.40. The Labute approximate surface area is 118 Å². The van der Waals surface area contributed by atoms with E-state index in [1.54, 1.807) is 7.11 Å². The van der Waals surface area contributed by atoms with Gasteiger partial charge in [0.1, 0.15) is 0 Å². The van der Waals surface area contributed by atoms with Crippen molar-refractivity contribution in [1.29, 1.82) is 0 Å². The van der Waals surface area contributed by atoms with Crippen molar-refractivity contribution in [3.8, 4) is 0 Å². The van der Waals surface area contributed by atoms with Gasteiger partial charge in [-0.3, -0.25) is 4.90 Å². The second kappa shape index (κ2) is 8.20. The summed E-state index contributed by atoms with van der Waals surface area (Å²) in [5.41, 5.74) is 0.260. The third kappa shape index (κ3) is 5.03. The zero-order chi connectivity index (χ0) is 14.3. The van der Waals surface area contributed by atoms with Crippen LogP contribution in [0.2, 0.25) is 0 Å². The van der Waals surface area contributed by atoms with Gasteiger partial charge in [-0.2, -0.15) is 0 Å². The standard InChI is InChI=1S/C15H32N2O2/c1-6-15(4)12-16-14(13(2)3)11-17(15)7-8-19-10-9-18-5/h13-14,16H,6-12H2,1-5H3. The minimum Gasteiger partial charge on any atom is -0.382 e. The zero-order valence-corrected chi connectivity index (χ0v) is 13.4. The summed E-state index contributed by atoms with van der Waals surface area (Å²) in [6, 6.07) is 0.596. The van der Waals surface area contributed by atoms with E-state index in [1.165, 1.54) is 6.42 Å². The van der Waals surface area contributed by atoms with E-state index < -0.39 is 0 Å². The predicted octanol–water partition coefficient (Wildman–Crippen LogP) is 1.75. The van der Waals surface area contributed by atoms with Crippen molar-refractivity contribution in [2.45, 2.75) is 45.7 Å². The molecular weight excluding hydrogens is 240 g/mol. The molecule has 0 aromatic carbocycles. The fourth-order valence-electron chi connectivity index (χ4n) is 2.56. The van der Waals surface area contributed by atoms with E-state index in [9.17, 15) is 0 Å². The van der Waals surface area contributed by atoms with Gasteiger partial charge in [0.2, 0.25) is 0 Å². The topological polar surface area (TPSA) is 33.7 Å². The van der Waals surface area contributed by atoms with Gasteiger partial charge in [0.25, 0.3) is 0 Å². The highest BCUT2D eigenvalue weighted by Gasteiger charge is 2.36. The number of nitrogens with zero attached hydrogens (tertiary/aromatic N) is 1. The second-order valence-corrected chi connectivity index (χ2v) is 6.13. The van der Waals surface area contributed by atoms with Gasteiger partial charge in [-0.15, -0.1) is 0 Å². The second-order valence-electron chi connectivity index (χ2n) is 6.13. The van der Waals surface area contributed by atoms with E-state index in [1.807, 2.05) is 0 Å². The summed E-state index contributed by atoms with van der Waals surface area (Å²) in [6.07, 6.45) is 1.17. The highest BCUT2D eigenvalue weighted by Crippen LogP contribution is 2.24. The minimum absolute atomic E-state index is 0.260. The van der Waals surface area contributed by atoms with Crippen molar-refractivity contribution >= 4 is 0 Å². The first-order chi connectivity index (χ1) is 9.03. The number of piperazine rings is 1. The molecule has 19 heavy (non-hydrogen) atoms. The van der Waals surface area contributed by atoms with Crippen molar-refractivity contribution in [3.63, 3.8) is 0 Å². The van der Waals surface area contributed by atoms with Crippen molar-refractivity contribution in [3.05, 3.63) is 0 Å². The van der Waals surface area contributed by atoms with Crippen LogP contribution >= 0.6 is 0 Å². The molecule has 4 heteroatoms. The number of methoxy groups -OCH3 is 1. The molecule has 1 heterocycles. The van der Waals surface area contributed by atoms with Gasteiger partial charge in [-0.25, -0.2) is 0 Å². The number of rotatable bonds is 8. The Morgan fingerprint density at radius 1 is 1.32 bits per heavy atom. The van der Waals surface area contributed by atoms with Crippen molar-refractivity contribution in [1.82, 2.24) is 10.2 Å². The van der Waals surface area contributed by atoms with Crippen LogP contribution in [0.4, 0.5) is 0 Å². The largest absolute Gasteiger partial charge is 0.382 e. The maximum atomic E-state index is 5.62. The lowest BCUT2D eigenvalue weighted by molar-refractivity contribution is 0.00158. The Kier molecular flexibility index (Phi) is 7.29. The van der Waals surface area contributed by atoms with Crippen LogP contribution in [0.5, 0.6) is 0 Å². The number of hydrogen-bond donors (Lipinski definition) is 1. The molecule has 0 amide bonds. The first-order valence-corrected chi connectivity index (χ1v) is 7.58. The third-order valence-electron chi connectivity index (χ3n) is 4.43. The summed E-state index contributed by atoms with van der Waals surface area (Å²) < 4.78 is 10.6. The lowest BCUT2D eigenvalue weighted by atomic mass is 9.89. The molecule has 0 spiro atoms. The van der Waals surface area contributed by atoms with Crippen LogP contribution in [0, 0.1) is 5.92 Å². The fraction of sp³-hybridized carbons (Fsp3) is 1.00. The Bertz CT molecular complexity index is 248. The lowest BCUT2D eigenvalue weighted by Gasteiger charge is -2.49. The fourth-order valence-corrected chi connectivity index (χ4v) is 2.56. The zero-order valence-electron chi connectivity index (χ0n) is 13.4. The van der Waals surface area contributed by atoms with Gasteiger partial charge in [0.15, 0.2) is 0 Å². The van der Waals surface area contributed by atoms with Crippen molar-refractivity contribution in [2.24, 2.45) is 5.92 Å². The number of ether oxygens (including phenoxy) is 2. The van der Waals surface area contributed by atoms with Gasteiger partial charge in [-0.1, -0.05) is 20.8 Å². The summed E-state index contributed by atoms with van der Waals surface area (Å²) in [6.45, 7) is 14.6. The molecule has 0 bridgehead atoms. The van der Waals surface area contributed by atoms with Crippen LogP contribution < -0.4 is 5.32 Å². The Morgan fingerprint density at radius 3 is 2.63 bits per heavy atom. The number of nitrogens with one attached hydrogen (secondary N) is 1. The van der Waals surface area contributed by atoms with Crippen LogP contribution in [0.15, 0.2) is 0 Å². The van der Waals surface area contributed by atoms with E-state index in [-0.39, 0.29) is 5.54 Å². The van der Waals surface area contributed by atoms with Crippen LogP contribution in [-0.4, -0.2) is 63.0 Å². The normalized spacial score (nSPS) is 29.1. The van der Waals surface area contributed by atoms with E-state index in [0.717, 1.165) is 26.2 Å². The molecule has 1 N–H and O–H groups in total. The summed E-state index contributed by atoms with van der Waals surface area (Å²) in [5, 5.41) is 3.70. The molecule has 0 aromatic rings. The summed E-state index contributed by atoms with van der Waals surface area (Å²) >= 11 is 0. The van der Waals surface area contributed by atoms with Gasteiger partial charge in [0, 0.05) is 38.3 Å². The highest BCUT2D eigenvalue weighted by molar-refractivity contribution is 4.95. The molecule has 0 aromatic heterocycles. The van der Waals surface area contributed by atoms with Crippen LogP contribution in [0.1, 0.15) is 34.1 Å². The van der Waals surface area contributed by atoms with Crippen molar-refractivity contribution in [2.75, 3.05) is 46.6 Å². The van der Waals surface area contributed by atoms with E-state index in [0.29, 0.717) is 25.2 Å². The molecule has 1 aliphatic heterocycles. The Morgan fingerprint density at radius 2 is 2.05 bits per heavy atom. The quantitative estimate of drug-likeness (QED) is 0.683. The Balaban J connectivity index is 2.43. The summed E-state index contributed by atoms with van der Waals surface area (Å²) in [5.74, 6) is 0.679. The molecule has 1 saturated heterocycles. The van der Waals surface area contributed by atoms with Crippen LogP contribution in [0.25, 0.3) is 0 Å². The molecule has 2 unspecified atom stereocenters. The smallest absolute Gasteiger partial charge is 0.0700 e.